The SMILES string of the molecule is CCc1c(OCOC)cc(OCOC)c(-c2ccco2)c1CCOCCOC1CCCCO1. The standard InChI is InChI=1S/C25H36O8/c1-4-19-20(10-13-28-14-15-31-24-9-5-6-11-30-24)25(21-8-7-12-29-21)23(33-18-27-3)16-22(19)32-17-26-2/h7-8,12,16,24H,4-6,9-11,13-15,17-18H2,1-3H3. The number of furan rings is 1. The largest absolute Gasteiger partial charge is 0.467 e. The van der Waals surface area contributed by atoms with Crippen molar-refractivity contribution < 1.29 is 37.6 Å². The van der Waals surface area contributed by atoms with Crippen LogP contribution in [0.25, 0.3) is 11.3 Å². The maximum Gasteiger partial charge on any atom is 0.188 e. The summed E-state index contributed by atoms with van der Waals surface area (Å²) in [7, 11) is 3.19. The van der Waals surface area contributed by atoms with Crippen molar-refractivity contribution in [1.82, 2.24) is 0 Å². The Kier molecular flexibility index (Phi) is 11.0. The van der Waals surface area contributed by atoms with E-state index in [9.17, 15) is 0 Å². The minimum Gasteiger partial charge on any atom is -0.467 e. The molecule has 2 heterocycles. The van der Waals surface area contributed by atoms with Gasteiger partial charge in [-0.15, -0.1) is 0 Å². The number of ether oxygens (including phenoxy) is 7. The lowest BCUT2D eigenvalue weighted by atomic mass is 9.93. The molecule has 33 heavy (non-hydrogen) atoms. The zero-order chi connectivity index (χ0) is 23.3. The fraction of sp³-hybridized carbons (Fsp3) is 0.600. The number of methoxy groups -OCH3 is 2. The summed E-state index contributed by atoms with van der Waals surface area (Å²) in [5.41, 5.74) is 3.01. The van der Waals surface area contributed by atoms with Crippen LogP contribution in [-0.2, 0) is 36.5 Å². The van der Waals surface area contributed by atoms with Gasteiger partial charge in [0.1, 0.15) is 17.3 Å². The molecule has 1 aromatic carbocycles. The quantitative estimate of drug-likeness (QED) is 0.280. The lowest BCUT2D eigenvalue weighted by Gasteiger charge is -2.23. The molecule has 1 aliphatic heterocycles. The van der Waals surface area contributed by atoms with Gasteiger partial charge in [-0.2, -0.15) is 0 Å². The van der Waals surface area contributed by atoms with Crippen molar-refractivity contribution in [3.63, 3.8) is 0 Å². The van der Waals surface area contributed by atoms with Crippen LogP contribution in [0.3, 0.4) is 0 Å². The fourth-order valence-corrected chi connectivity index (χ4v) is 3.93. The third-order valence-corrected chi connectivity index (χ3v) is 5.42. The van der Waals surface area contributed by atoms with Crippen LogP contribution in [0.2, 0.25) is 0 Å². The monoisotopic (exact) mass is 464 g/mol. The summed E-state index contributed by atoms with van der Waals surface area (Å²) in [4.78, 5) is 0. The summed E-state index contributed by atoms with van der Waals surface area (Å²) in [5.74, 6) is 2.07. The second-order valence-electron chi connectivity index (χ2n) is 7.67. The second-order valence-corrected chi connectivity index (χ2v) is 7.67. The Morgan fingerprint density at radius 3 is 2.45 bits per heavy atom. The van der Waals surface area contributed by atoms with Gasteiger partial charge in [-0.1, -0.05) is 6.92 Å². The molecular formula is C25H36O8. The van der Waals surface area contributed by atoms with E-state index in [1.54, 1.807) is 20.5 Å². The Labute approximate surface area is 196 Å². The van der Waals surface area contributed by atoms with Crippen molar-refractivity contribution in [2.45, 2.75) is 45.3 Å². The van der Waals surface area contributed by atoms with Crippen LogP contribution in [0.1, 0.15) is 37.3 Å². The number of rotatable bonds is 15. The minimum absolute atomic E-state index is 0.102. The number of hydrogen-bond donors (Lipinski definition) is 0. The highest BCUT2D eigenvalue weighted by molar-refractivity contribution is 5.74. The number of hydrogen-bond acceptors (Lipinski definition) is 8. The maximum atomic E-state index is 5.91. The van der Waals surface area contributed by atoms with Gasteiger partial charge in [-0.25, -0.2) is 0 Å². The van der Waals surface area contributed by atoms with Crippen molar-refractivity contribution in [2.75, 3.05) is 54.2 Å². The summed E-state index contributed by atoms with van der Waals surface area (Å²) >= 11 is 0. The molecule has 184 valence electrons. The average molecular weight is 465 g/mol. The molecule has 1 aromatic heterocycles. The molecule has 0 N–H and O–H groups in total. The lowest BCUT2D eigenvalue weighted by Crippen LogP contribution is -2.24. The fourth-order valence-electron chi connectivity index (χ4n) is 3.93. The summed E-state index contributed by atoms with van der Waals surface area (Å²) < 4.78 is 45.1. The van der Waals surface area contributed by atoms with Gasteiger partial charge < -0.3 is 37.6 Å². The number of benzene rings is 1. The molecule has 1 fully saturated rings. The smallest absolute Gasteiger partial charge is 0.188 e. The molecule has 1 saturated heterocycles. The Morgan fingerprint density at radius 2 is 1.79 bits per heavy atom. The normalized spacial score (nSPS) is 16.2. The molecule has 1 aliphatic rings. The molecule has 3 rings (SSSR count). The molecule has 0 bridgehead atoms. The first-order chi connectivity index (χ1) is 16.3. The van der Waals surface area contributed by atoms with Crippen molar-refractivity contribution >= 4 is 0 Å². The Balaban J connectivity index is 1.74. The van der Waals surface area contributed by atoms with Crippen molar-refractivity contribution in [2.24, 2.45) is 0 Å². The highest BCUT2D eigenvalue weighted by Gasteiger charge is 2.22. The van der Waals surface area contributed by atoms with E-state index < -0.39 is 0 Å². The predicted octanol–water partition coefficient (Wildman–Crippen LogP) is 4.58. The van der Waals surface area contributed by atoms with Gasteiger partial charge in [0.25, 0.3) is 0 Å². The minimum atomic E-state index is -0.102. The second kappa shape index (κ2) is 14.2. The molecule has 1 atom stereocenters. The predicted molar refractivity (Wildman–Crippen MR) is 123 cm³/mol. The van der Waals surface area contributed by atoms with Gasteiger partial charge in [0.05, 0.1) is 31.6 Å². The zero-order valence-electron chi connectivity index (χ0n) is 19.9. The van der Waals surface area contributed by atoms with Crippen molar-refractivity contribution in [1.29, 1.82) is 0 Å². The van der Waals surface area contributed by atoms with Crippen LogP contribution in [0, 0.1) is 0 Å². The van der Waals surface area contributed by atoms with Gasteiger partial charge >= 0.3 is 0 Å². The van der Waals surface area contributed by atoms with Crippen LogP contribution in [-0.4, -0.2) is 60.5 Å². The highest BCUT2D eigenvalue weighted by Crippen LogP contribution is 2.41. The van der Waals surface area contributed by atoms with Crippen LogP contribution >= 0.6 is 0 Å². The van der Waals surface area contributed by atoms with E-state index in [-0.39, 0.29) is 19.9 Å². The van der Waals surface area contributed by atoms with Crippen LogP contribution < -0.4 is 9.47 Å². The average Bonchev–Trinajstić information content (AvgIpc) is 3.38. The molecule has 2 aromatic rings. The van der Waals surface area contributed by atoms with Gasteiger partial charge in [0.15, 0.2) is 19.9 Å². The first-order valence-electron chi connectivity index (χ1n) is 11.6. The Bertz CT molecular complexity index is 799. The summed E-state index contributed by atoms with van der Waals surface area (Å²) in [5, 5.41) is 0. The van der Waals surface area contributed by atoms with Gasteiger partial charge in [0, 0.05) is 26.9 Å². The van der Waals surface area contributed by atoms with Crippen molar-refractivity contribution in [3.8, 4) is 22.8 Å². The van der Waals surface area contributed by atoms with E-state index in [1.165, 1.54) is 0 Å². The van der Waals surface area contributed by atoms with Gasteiger partial charge in [-0.3, -0.25) is 0 Å². The van der Waals surface area contributed by atoms with Crippen LogP contribution in [0.4, 0.5) is 0 Å². The van der Waals surface area contributed by atoms with E-state index >= 15 is 0 Å². The summed E-state index contributed by atoms with van der Waals surface area (Å²) in [6.45, 7) is 4.66. The van der Waals surface area contributed by atoms with E-state index in [4.69, 9.17) is 37.6 Å². The van der Waals surface area contributed by atoms with E-state index in [0.717, 1.165) is 54.7 Å². The van der Waals surface area contributed by atoms with E-state index in [0.29, 0.717) is 37.7 Å². The molecule has 0 saturated carbocycles. The topological polar surface area (TPSA) is 77.8 Å². The molecule has 0 aliphatic carbocycles. The summed E-state index contributed by atoms with van der Waals surface area (Å²) in [6.07, 6.45) is 6.19. The first-order valence-corrected chi connectivity index (χ1v) is 11.6. The third-order valence-electron chi connectivity index (χ3n) is 5.42. The molecule has 0 amide bonds. The van der Waals surface area contributed by atoms with E-state index in [2.05, 4.69) is 6.92 Å². The molecular weight excluding hydrogens is 428 g/mol. The zero-order valence-corrected chi connectivity index (χ0v) is 19.9. The Morgan fingerprint density at radius 1 is 0.970 bits per heavy atom. The van der Waals surface area contributed by atoms with Crippen LogP contribution in [0.5, 0.6) is 11.5 Å². The Hall–Kier alpha value is -2.10. The van der Waals surface area contributed by atoms with Crippen LogP contribution in [0.15, 0.2) is 28.9 Å². The molecule has 0 spiro atoms. The highest BCUT2D eigenvalue weighted by atomic mass is 16.7. The maximum absolute atomic E-state index is 5.91. The third kappa shape index (κ3) is 7.45. The van der Waals surface area contributed by atoms with E-state index in [1.807, 2.05) is 18.2 Å². The molecule has 0 radical (unpaired) electrons. The van der Waals surface area contributed by atoms with Gasteiger partial charge in [0.2, 0.25) is 0 Å². The van der Waals surface area contributed by atoms with Crippen molar-refractivity contribution in [3.05, 3.63) is 35.6 Å². The summed E-state index contributed by atoms with van der Waals surface area (Å²) in [6, 6.07) is 5.66. The molecule has 8 heteroatoms. The first kappa shape index (κ1) is 25.5. The van der Waals surface area contributed by atoms with Gasteiger partial charge in [-0.05, 0) is 55.4 Å². The molecule has 1 unspecified atom stereocenters. The molecule has 8 nitrogen and oxygen atoms in total. The lowest BCUT2D eigenvalue weighted by molar-refractivity contribution is -0.168.